The lowest BCUT2D eigenvalue weighted by Gasteiger charge is -2.26. The van der Waals surface area contributed by atoms with Crippen molar-refractivity contribution in [2.75, 3.05) is 5.32 Å². The van der Waals surface area contributed by atoms with E-state index in [-0.39, 0.29) is 10.9 Å². The first-order chi connectivity index (χ1) is 8.72. The molecule has 0 saturated heterocycles. The molecule has 0 fully saturated rings. The highest BCUT2D eigenvalue weighted by Crippen LogP contribution is 2.31. The van der Waals surface area contributed by atoms with Crippen LogP contribution in [0.4, 0.5) is 5.69 Å². The van der Waals surface area contributed by atoms with Gasteiger partial charge in [0.05, 0.1) is 16.1 Å². The molecule has 0 aliphatic rings. The Hall–Kier alpha value is -0.940. The van der Waals surface area contributed by atoms with E-state index in [0.717, 1.165) is 21.3 Å². The number of anilines is 1. The van der Waals surface area contributed by atoms with E-state index in [9.17, 15) is 4.79 Å². The van der Waals surface area contributed by atoms with Crippen molar-refractivity contribution in [1.82, 2.24) is 0 Å². The summed E-state index contributed by atoms with van der Waals surface area (Å²) in [6.45, 7) is 7.63. The molecule has 3 nitrogen and oxygen atoms in total. The molecular weight excluding hydrogens is 324 g/mol. The van der Waals surface area contributed by atoms with Crippen molar-refractivity contribution in [1.29, 1.82) is 0 Å². The number of carbonyl (C=O) groups excluding carboxylic acids is 1. The standard InChI is InChI=1S/C14H19BrN2OS/c1-5-14(4,12(16)19)13(18)17-11-9(3)6-8(2)7-10(11)15/h6-7H,5H2,1-4H3,(H2,16,19)(H,17,18). The highest BCUT2D eigenvalue weighted by atomic mass is 79.9. The van der Waals surface area contributed by atoms with Gasteiger partial charge < -0.3 is 11.1 Å². The minimum atomic E-state index is -0.827. The second-order valence-corrected chi connectivity index (χ2v) is 6.24. The Bertz CT molecular complexity index is 507. The number of rotatable bonds is 4. The number of hydrogen-bond donors (Lipinski definition) is 2. The fourth-order valence-corrected chi connectivity index (χ4v) is 2.78. The molecule has 0 aliphatic heterocycles. The van der Waals surface area contributed by atoms with Gasteiger partial charge in [0.25, 0.3) is 0 Å². The van der Waals surface area contributed by atoms with Gasteiger partial charge in [-0.05, 0) is 60.3 Å². The van der Waals surface area contributed by atoms with E-state index in [2.05, 4.69) is 21.2 Å². The van der Waals surface area contributed by atoms with Gasteiger partial charge in [-0.25, -0.2) is 0 Å². The van der Waals surface area contributed by atoms with Crippen LogP contribution in [-0.2, 0) is 4.79 Å². The van der Waals surface area contributed by atoms with Gasteiger partial charge in [-0.2, -0.15) is 0 Å². The van der Waals surface area contributed by atoms with Gasteiger partial charge in [0.2, 0.25) is 5.91 Å². The Morgan fingerprint density at radius 2 is 2.05 bits per heavy atom. The van der Waals surface area contributed by atoms with Crippen LogP contribution in [0.2, 0.25) is 0 Å². The molecular formula is C14H19BrN2OS. The molecule has 1 aromatic rings. The molecule has 0 bridgehead atoms. The molecule has 1 amide bonds. The molecule has 0 spiro atoms. The van der Waals surface area contributed by atoms with Crippen molar-refractivity contribution in [3.05, 3.63) is 27.7 Å². The second-order valence-electron chi connectivity index (χ2n) is 4.94. The van der Waals surface area contributed by atoms with Gasteiger partial charge in [-0.3, -0.25) is 4.79 Å². The number of aryl methyl sites for hydroxylation is 2. The van der Waals surface area contributed by atoms with Crippen LogP contribution in [0.15, 0.2) is 16.6 Å². The van der Waals surface area contributed by atoms with Crippen LogP contribution in [0.3, 0.4) is 0 Å². The minimum absolute atomic E-state index is 0.171. The third kappa shape index (κ3) is 3.34. The lowest BCUT2D eigenvalue weighted by Crippen LogP contribution is -2.43. The van der Waals surface area contributed by atoms with Crippen molar-refractivity contribution in [3.8, 4) is 0 Å². The number of nitrogens with one attached hydrogen (secondary N) is 1. The molecule has 1 rings (SSSR count). The van der Waals surface area contributed by atoms with Crippen molar-refractivity contribution < 1.29 is 4.79 Å². The maximum absolute atomic E-state index is 12.4. The number of carbonyl (C=O) groups is 1. The molecule has 0 aliphatic carbocycles. The molecule has 0 heterocycles. The number of hydrogen-bond acceptors (Lipinski definition) is 2. The Morgan fingerprint density at radius 1 is 1.47 bits per heavy atom. The number of amides is 1. The van der Waals surface area contributed by atoms with E-state index in [1.807, 2.05) is 32.9 Å². The first-order valence-electron chi connectivity index (χ1n) is 6.10. The topological polar surface area (TPSA) is 55.1 Å². The second kappa shape index (κ2) is 6.01. The monoisotopic (exact) mass is 342 g/mol. The summed E-state index contributed by atoms with van der Waals surface area (Å²) < 4.78 is 0.861. The molecule has 104 valence electrons. The zero-order chi connectivity index (χ0) is 14.8. The van der Waals surface area contributed by atoms with Crippen LogP contribution in [0, 0.1) is 19.3 Å². The van der Waals surface area contributed by atoms with Crippen LogP contribution in [0.5, 0.6) is 0 Å². The molecule has 1 aromatic carbocycles. The summed E-state index contributed by atoms with van der Waals surface area (Å²) in [4.78, 5) is 12.6. The van der Waals surface area contributed by atoms with E-state index in [1.54, 1.807) is 6.92 Å². The minimum Gasteiger partial charge on any atom is -0.392 e. The molecule has 3 N–H and O–H groups in total. The van der Waals surface area contributed by atoms with Gasteiger partial charge >= 0.3 is 0 Å². The normalized spacial score (nSPS) is 13.7. The average molecular weight is 343 g/mol. The first kappa shape index (κ1) is 16.1. The highest BCUT2D eigenvalue weighted by Gasteiger charge is 2.35. The number of halogens is 1. The van der Waals surface area contributed by atoms with E-state index in [0.29, 0.717) is 6.42 Å². The van der Waals surface area contributed by atoms with Crippen LogP contribution in [-0.4, -0.2) is 10.9 Å². The summed E-state index contributed by atoms with van der Waals surface area (Å²) in [5.41, 5.74) is 7.77. The lowest BCUT2D eigenvalue weighted by molar-refractivity contribution is -0.121. The Kier molecular flexibility index (Phi) is 5.10. The van der Waals surface area contributed by atoms with E-state index in [1.165, 1.54) is 0 Å². The van der Waals surface area contributed by atoms with Crippen molar-refractivity contribution in [3.63, 3.8) is 0 Å². The van der Waals surface area contributed by atoms with Crippen LogP contribution in [0.25, 0.3) is 0 Å². The smallest absolute Gasteiger partial charge is 0.237 e. The quantitative estimate of drug-likeness (QED) is 0.820. The van der Waals surface area contributed by atoms with E-state index < -0.39 is 5.41 Å². The summed E-state index contributed by atoms with van der Waals surface area (Å²) in [5.74, 6) is -0.171. The zero-order valence-corrected chi connectivity index (χ0v) is 14.0. The van der Waals surface area contributed by atoms with Gasteiger partial charge in [0.15, 0.2) is 0 Å². The molecule has 1 unspecified atom stereocenters. The number of benzene rings is 1. The summed E-state index contributed by atoms with van der Waals surface area (Å²) >= 11 is 8.49. The third-order valence-electron chi connectivity index (χ3n) is 3.42. The van der Waals surface area contributed by atoms with E-state index in [4.69, 9.17) is 18.0 Å². The largest absolute Gasteiger partial charge is 0.392 e. The fourth-order valence-electron chi connectivity index (χ4n) is 1.77. The molecule has 1 atom stereocenters. The van der Waals surface area contributed by atoms with Crippen LogP contribution < -0.4 is 11.1 Å². The average Bonchev–Trinajstić information content (AvgIpc) is 2.31. The molecule has 0 aromatic heterocycles. The first-order valence-corrected chi connectivity index (χ1v) is 7.30. The Morgan fingerprint density at radius 3 is 2.47 bits per heavy atom. The SMILES string of the molecule is CCC(C)(C(=O)Nc1c(C)cc(C)cc1Br)C(N)=S. The van der Waals surface area contributed by atoms with Crippen LogP contribution >= 0.6 is 28.1 Å². The van der Waals surface area contributed by atoms with Crippen molar-refractivity contribution in [2.24, 2.45) is 11.1 Å². The maximum Gasteiger partial charge on any atom is 0.237 e. The highest BCUT2D eigenvalue weighted by molar-refractivity contribution is 9.10. The Labute approximate surface area is 128 Å². The molecule has 5 heteroatoms. The summed E-state index contributed by atoms with van der Waals surface area (Å²) in [5, 5.41) is 2.93. The van der Waals surface area contributed by atoms with Crippen LogP contribution in [0.1, 0.15) is 31.4 Å². The van der Waals surface area contributed by atoms with Gasteiger partial charge in [0.1, 0.15) is 0 Å². The van der Waals surface area contributed by atoms with Crippen molar-refractivity contribution in [2.45, 2.75) is 34.1 Å². The predicted molar refractivity (Wildman–Crippen MR) is 87.4 cm³/mol. The van der Waals surface area contributed by atoms with Gasteiger partial charge in [0, 0.05) is 4.47 Å². The summed E-state index contributed by atoms with van der Waals surface area (Å²) in [7, 11) is 0. The van der Waals surface area contributed by atoms with Gasteiger partial charge in [-0.1, -0.05) is 25.2 Å². The molecule has 0 saturated carbocycles. The number of nitrogens with two attached hydrogens (primary N) is 1. The maximum atomic E-state index is 12.4. The number of thiocarbonyl (C=S) groups is 1. The molecule has 19 heavy (non-hydrogen) atoms. The Balaban J connectivity index is 3.10. The van der Waals surface area contributed by atoms with E-state index >= 15 is 0 Å². The van der Waals surface area contributed by atoms with Gasteiger partial charge in [-0.15, -0.1) is 0 Å². The lowest BCUT2D eigenvalue weighted by atomic mass is 9.86. The molecule has 0 radical (unpaired) electrons. The predicted octanol–water partition coefficient (Wildman–Crippen LogP) is 3.71. The fraction of sp³-hybridized carbons (Fsp3) is 0.429. The van der Waals surface area contributed by atoms with Crippen molar-refractivity contribution >= 4 is 44.7 Å². The zero-order valence-electron chi connectivity index (χ0n) is 11.6. The summed E-state index contributed by atoms with van der Waals surface area (Å²) in [6, 6.07) is 3.98. The third-order valence-corrected chi connectivity index (χ3v) is 4.50. The summed E-state index contributed by atoms with van der Waals surface area (Å²) in [6.07, 6.45) is 0.566.